The lowest BCUT2D eigenvalue weighted by Gasteiger charge is -2.35. The van der Waals surface area contributed by atoms with Crippen LogP contribution < -0.4 is 19.7 Å². The van der Waals surface area contributed by atoms with E-state index in [0.29, 0.717) is 23.7 Å². The SMILES string of the molecule is CCC1CN(C(=O)Nc2ccccc2C(F)(F)F)c2ccc(-c3ccc(OC4CCC(C(C)=O)CC4)nc3)cc2O1. The summed E-state index contributed by atoms with van der Waals surface area (Å²) < 4.78 is 52.6. The molecule has 3 aromatic rings. The minimum atomic E-state index is -4.60. The van der Waals surface area contributed by atoms with Gasteiger partial charge < -0.3 is 14.8 Å². The molecule has 1 unspecified atom stereocenters. The van der Waals surface area contributed by atoms with Gasteiger partial charge in [0.2, 0.25) is 5.88 Å². The highest BCUT2D eigenvalue weighted by Crippen LogP contribution is 2.39. The van der Waals surface area contributed by atoms with Gasteiger partial charge in [-0.15, -0.1) is 0 Å². The smallest absolute Gasteiger partial charge is 0.418 e. The van der Waals surface area contributed by atoms with Crippen LogP contribution in [0, 0.1) is 5.92 Å². The number of alkyl halides is 3. The van der Waals surface area contributed by atoms with Gasteiger partial charge in [0, 0.05) is 23.7 Å². The first-order valence-electron chi connectivity index (χ1n) is 13.8. The van der Waals surface area contributed by atoms with Crippen LogP contribution in [0.4, 0.5) is 29.3 Å². The molecule has 0 radical (unpaired) electrons. The molecular formula is C31H32F3N3O4. The predicted molar refractivity (Wildman–Crippen MR) is 149 cm³/mol. The molecule has 1 aliphatic carbocycles. The topological polar surface area (TPSA) is 80.8 Å². The van der Waals surface area contributed by atoms with E-state index >= 15 is 0 Å². The molecule has 1 saturated carbocycles. The minimum Gasteiger partial charge on any atom is -0.486 e. The fourth-order valence-electron chi connectivity index (χ4n) is 5.34. The van der Waals surface area contributed by atoms with Crippen molar-refractivity contribution >= 4 is 23.2 Å². The Kier molecular flexibility index (Phi) is 8.19. The molecule has 0 bridgehead atoms. The van der Waals surface area contributed by atoms with Crippen molar-refractivity contribution in [1.29, 1.82) is 0 Å². The minimum absolute atomic E-state index is 0.0345. The second-order valence-electron chi connectivity index (χ2n) is 10.5. The Balaban J connectivity index is 1.31. The second kappa shape index (κ2) is 11.8. The van der Waals surface area contributed by atoms with Gasteiger partial charge in [-0.05, 0) is 74.9 Å². The number of ether oxygens (including phenoxy) is 2. The Morgan fingerprint density at radius 3 is 2.44 bits per heavy atom. The summed E-state index contributed by atoms with van der Waals surface area (Å²) in [7, 11) is 0. The largest absolute Gasteiger partial charge is 0.486 e. The number of anilines is 2. The fourth-order valence-corrected chi connectivity index (χ4v) is 5.34. The van der Waals surface area contributed by atoms with Crippen LogP contribution >= 0.6 is 0 Å². The third-order valence-corrected chi connectivity index (χ3v) is 7.71. The van der Waals surface area contributed by atoms with Crippen LogP contribution in [0.3, 0.4) is 0 Å². The molecule has 2 aliphatic rings. The summed E-state index contributed by atoms with van der Waals surface area (Å²) >= 11 is 0. The molecular weight excluding hydrogens is 535 g/mol. The Hall–Kier alpha value is -4.08. The van der Waals surface area contributed by atoms with Gasteiger partial charge in [-0.2, -0.15) is 13.2 Å². The number of halogens is 3. The summed E-state index contributed by atoms with van der Waals surface area (Å²) in [5.74, 6) is 1.34. The predicted octanol–water partition coefficient (Wildman–Crippen LogP) is 7.50. The molecule has 41 heavy (non-hydrogen) atoms. The molecule has 5 rings (SSSR count). The van der Waals surface area contributed by atoms with Crippen LogP contribution in [0.1, 0.15) is 51.5 Å². The van der Waals surface area contributed by atoms with Gasteiger partial charge in [-0.1, -0.05) is 25.1 Å². The average Bonchev–Trinajstić information content (AvgIpc) is 2.96. The van der Waals surface area contributed by atoms with Gasteiger partial charge in [-0.25, -0.2) is 9.78 Å². The van der Waals surface area contributed by atoms with E-state index in [9.17, 15) is 22.8 Å². The number of nitrogens with one attached hydrogen (secondary N) is 1. The normalized spacial score (nSPS) is 20.5. The number of Topliss-reactive ketones (excluding diaryl/α,β-unsaturated/α-hetero) is 1. The molecule has 0 spiro atoms. The van der Waals surface area contributed by atoms with Gasteiger partial charge in [0.05, 0.1) is 23.5 Å². The van der Waals surface area contributed by atoms with Crippen LogP contribution in [-0.2, 0) is 11.0 Å². The van der Waals surface area contributed by atoms with Gasteiger partial charge in [-0.3, -0.25) is 9.69 Å². The summed E-state index contributed by atoms with van der Waals surface area (Å²) in [4.78, 5) is 30.7. The number of ketones is 1. The second-order valence-corrected chi connectivity index (χ2v) is 10.5. The molecule has 7 nitrogen and oxygen atoms in total. The molecule has 1 aliphatic heterocycles. The van der Waals surface area contributed by atoms with E-state index in [2.05, 4.69) is 10.3 Å². The van der Waals surface area contributed by atoms with Crippen molar-refractivity contribution in [2.45, 2.75) is 64.3 Å². The number of nitrogens with zero attached hydrogens (tertiary/aromatic N) is 2. The first-order valence-corrected chi connectivity index (χ1v) is 13.8. The van der Waals surface area contributed by atoms with Crippen molar-refractivity contribution in [1.82, 2.24) is 4.98 Å². The maximum atomic E-state index is 13.5. The zero-order valence-corrected chi connectivity index (χ0v) is 22.9. The standard InChI is InChI=1S/C31H32F3N3O4/c1-3-23-18-37(30(39)36-26-7-5-4-6-25(26)31(32,33)34)27-14-10-21(16-28(27)40-23)22-11-15-29(35-17-22)41-24-12-8-20(9-13-24)19(2)38/h4-7,10-11,14-17,20,23-24H,3,8-9,12-13,18H2,1-2H3,(H,36,39). The number of benzene rings is 2. The first kappa shape index (κ1) is 28.4. The van der Waals surface area contributed by atoms with Crippen molar-refractivity contribution in [2.24, 2.45) is 5.92 Å². The summed E-state index contributed by atoms with van der Waals surface area (Å²) in [6.07, 6.45) is 0.718. The highest BCUT2D eigenvalue weighted by molar-refractivity contribution is 6.03. The zero-order valence-electron chi connectivity index (χ0n) is 22.9. The van der Waals surface area contributed by atoms with E-state index in [1.807, 2.05) is 25.1 Å². The van der Waals surface area contributed by atoms with Gasteiger partial charge in [0.25, 0.3) is 0 Å². The molecule has 2 heterocycles. The maximum Gasteiger partial charge on any atom is 0.418 e. The lowest BCUT2D eigenvalue weighted by atomic mass is 9.85. The highest BCUT2D eigenvalue weighted by Gasteiger charge is 2.35. The lowest BCUT2D eigenvalue weighted by Crippen LogP contribution is -2.45. The Labute approximate surface area is 236 Å². The number of rotatable bonds is 6. The highest BCUT2D eigenvalue weighted by atomic mass is 19.4. The van der Waals surface area contributed by atoms with Gasteiger partial charge in [0.15, 0.2) is 0 Å². The molecule has 2 aromatic carbocycles. The summed E-state index contributed by atoms with van der Waals surface area (Å²) in [5.41, 5.74) is 0.882. The van der Waals surface area contributed by atoms with Gasteiger partial charge in [0.1, 0.15) is 23.7 Å². The maximum absolute atomic E-state index is 13.5. The van der Waals surface area contributed by atoms with E-state index < -0.39 is 17.8 Å². The molecule has 1 N–H and O–H groups in total. The molecule has 10 heteroatoms. The Morgan fingerprint density at radius 1 is 1.05 bits per heavy atom. The van der Waals surface area contributed by atoms with E-state index in [1.54, 1.807) is 25.3 Å². The molecule has 1 fully saturated rings. The number of aromatic nitrogens is 1. The quantitative estimate of drug-likeness (QED) is 0.334. The molecule has 1 atom stereocenters. The van der Waals surface area contributed by atoms with Crippen LogP contribution in [0.15, 0.2) is 60.8 Å². The number of para-hydroxylation sites is 1. The van der Waals surface area contributed by atoms with Crippen molar-refractivity contribution in [3.05, 3.63) is 66.4 Å². The first-order chi connectivity index (χ1) is 19.6. The van der Waals surface area contributed by atoms with E-state index in [1.165, 1.54) is 23.1 Å². The number of carbonyl (C=O) groups is 2. The number of hydrogen-bond donors (Lipinski definition) is 1. The number of pyridine rings is 1. The molecule has 216 valence electrons. The monoisotopic (exact) mass is 567 g/mol. The Morgan fingerprint density at radius 2 is 1.78 bits per heavy atom. The van der Waals surface area contributed by atoms with E-state index in [4.69, 9.17) is 9.47 Å². The van der Waals surface area contributed by atoms with Crippen LogP contribution in [-0.4, -0.2) is 35.6 Å². The zero-order chi connectivity index (χ0) is 29.1. The summed E-state index contributed by atoms with van der Waals surface area (Å²) in [5, 5.41) is 2.44. The molecule has 1 aromatic heterocycles. The molecule has 0 saturated heterocycles. The summed E-state index contributed by atoms with van der Waals surface area (Å²) in [6, 6.07) is 13.3. The number of fused-ring (bicyclic) bond motifs is 1. The van der Waals surface area contributed by atoms with E-state index in [0.717, 1.165) is 42.9 Å². The number of urea groups is 1. The number of amides is 2. The van der Waals surface area contributed by atoms with Crippen LogP contribution in [0.25, 0.3) is 11.1 Å². The lowest BCUT2D eigenvalue weighted by molar-refractivity contribution is -0.137. The Bertz CT molecular complexity index is 1400. The van der Waals surface area contributed by atoms with Crippen LogP contribution in [0.2, 0.25) is 0 Å². The number of carbonyl (C=O) groups excluding carboxylic acids is 2. The average molecular weight is 568 g/mol. The van der Waals surface area contributed by atoms with Gasteiger partial charge >= 0.3 is 12.2 Å². The third kappa shape index (κ3) is 6.47. The summed E-state index contributed by atoms with van der Waals surface area (Å²) in [6.45, 7) is 3.76. The van der Waals surface area contributed by atoms with Crippen molar-refractivity contribution < 1.29 is 32.2 Å². The fraction of sp³-hybridized carbons (Fsp3) is 0.387. The van der Waals surface area contributed by atoms with Crippen molar-refractivity contribution in [3.8, 4) is 22.8 Å². The van der Waals surface area contributed by atoms with Crippen molar-refractivity contribution in [3.63, 3.8) is 0 Å². The van der Waals surface area contributed by atoms with E-state index in [-0.39, 0.29) is 36.1 Å². The molecule has 2 amide bonds. The van der Waals surface area contributed by atoms with Crippen LogP contribution in [0.5, 0.6) is 11.6 Å². The number of hydrogen-bond acceptors (Lipinski definition) is 5. The van der Waals surface area contributed by atoms with Crippen molar-refractivity contribution in [2.75, 3.05) is 16.8 Å². The third-order valence-electron chi connectivity index (χ3n) is 7.71.